The second kappa shape index (κ2) is 13.8. The van der Waals surface area contributed by atoms with Crippen LogP contribution in [0, 0.1) is 0 Å². The maximum Gasteiger partial charge on any atom is 0.234 e. The van der Waals surface area contributed by atoms with E-state index in [1.165, 1.54) is 0 Å². The molecule has 0 aliphatic carbocycles. The molecule has 124 valence electrons. The lowest BCUT2D eigenvalue weighted by Gasteiger charge is -2.10. The zero-order chi connectivity index (χ0) is 15.9. The van der Waals surface area contributed by atoms with Crippen LogP contribution in [-0.4, -0.2) is 63.8 Å². The predicted octanol–water partition coefficient (Wildman–Crippen LogP) is -0.767. The van der Waals surface area contributed by atoms with Gasteiger partial charge in [-0.1, -0.05) is 20.8 Å². The summed E-state index contributed by atoms with van der Waals surface area (Å²) in [5.41, 5.74) is 0. The van der Waals surface area contributed by atoms with Crippen LogP contribution >= 0.6 is 0 Å². The Morgan fingerprint density at radius 3 is 2.29 bits per heavy atom. The fourth-order valence-electron chi connectivity index (χ4n) is 1.46. The topological polar surface area (TPSA) is 91.5 Å². The molecule has 0 saturated heterocycles. The Kier molecular flexibility index (Phi) is 13.0. The van der Waals surface area contributed by atoms with Crippen molar-refractivity contribution in [2.45, 2.75) is 33.2 Å². The molecule has 0 unspecified atom stereocenters. The van der Waals surface area contributed by atoms with Gasteiger partial charge in [0.15, 0.2) is 0 Å². The van der Waals surface area contributed by atoms with Gasteiger partial charge in [0.2, 0.25) is 11.8 Å². The van der Waals surface area contributed by atoms with Crippen molar-refractivity contribution in [1.82, 2.24) is 21.3 Å². The third-order valence-corrected chi connectivity index (χ3v) is 2.60. The highest BCUT2D eigenvalue weighted by atomic mass is 16.5. The van der Waals surface area contributed by atoms with Crippen LogP contribution in [-0.2, 0) is 14.3 Å². The third-order valence-electron chi connectivity index (χ3n) is 2.60. The van der Waals surface area contributed by atoms with Crippen molar-refractivity contribution in [3.05, 3.63) is 0 Å². The molecule has 0 heterocycles. The molecule has 7 nitrogen and oxygen atoms in total. The SMILES string of the molecule is CCC(=O)NCCOCCNCC(=O)NCCNC(C)C. The van der Waals surface area contributed by atoms with E-state index in [-0.39, 0.29) is 18.4 Å². The van der Waals surface area contributed by atoms with Crippen LogP contribution in [0.5, 0.6) is 0 Å². The molecular formula is C14H30N4O3. The van der Waals surface area contributed by atoms with Crippen LogP contribution in [0.4, 0.5) is 0 Å². The van der Waals surface area contributed by atoms with Crippen molar-refractivity contribution in [3.8, 4) is 0 Å². The molecule has 0 saturated carbocycles. The van der Waals surface area contributed by atoms with Crippen LogP contribution < -0.4 is 21.3 Å². The van der Waals surface area contributed by atoms with Gasteiger partial charge in [0, 0.05) is 38.6 Å². The summed E-state index contributed by atoms with van der Waals surface area (Å²) in [6, 6.07) is 0.430. The smallest absolute Gasteiger partial charge is 0.234 e. The van der Waals surface area contributed by atoms with E-state index in [2.05, 4.69) is 35.1 Å². The quantitative estimate of drug-likeness (QED) is 0.336. The largest absolute Gasteiger partial charge is 0.378 e. The van der Waals surface area contributed by atoms with Crippen LogP contribution in [0.3, 0.4) is 0 Å². The molecule has 21 heavy (non-hydrogen) atoms. The molecule has 0 fully saturated rings. The molecule has 4 N–H and O–H groups in total. The number of hydrogen-bond donors (Lipinski definition) is 4. The molecule has 0 rings (SSSR count). The van der Waals surface area contributed by atoms with Crippen LogP contribution in [0.1, 0.15) is 27.2 Å². The standard InChI is InChI=1S/C14H30N4O3/c1-4-13(19)18-8-10-21-9-7-15-11-14(20)17-6-5-16-12(2)3/h12,15-16H,4-11H2,1-3H3,(H,17,20)(H,18,19). The van der Waals surface area contributed by atoms with Crippen LogP contribution in [0.2, 0.25) is 0 Å². The second-order valence-electron chi connectivity index (χ2n) is 4.95. The van der Waals surface area contributed by atoms with Gasteiger partial charge in [-0.25, -0.2) is 0 Å². The highest BCUT2D eigenvalue weighted by Crippen LogP contribution is 1.77. The van der Waals surface area contributed by atoms with Gasteiger partial charge in [-0.05, 0) is 0 Å². The third kappa shape index (κ3) is 15.0. The number of nitrogens with one attached hydrogen (secondary N) is 4. The molecule has 2 amide bonds. The van der Waals surface area contributed by atoms with Crippen molar-refractivity contribution in [2.24, 2.45) is 0 Å². The lowest BCUT2D eigenvalue weighted by molar-refractivity contribution is -0.121. The molecular weight excluding hydrogens is 272 g/mol. The van der Waals surface area contributed by atoms with E-state index in [0.29, 0.717) is 45.3 Å². The van der Waals surface area contributed by atoms with Crippen molar-refractivity contribution in [1.29, 1.82) is 0 Å². The summed E-state index contributed by atoms with van der Waals surface area (Å²) in [5.74, 6) is 0.0103. The van der Waals surface area contributed by atoms with Gasteiger partial charge in [-0.15, -0.1) is 0 Å². The first-order valence-corrected chi connectivity index (χ1v) is 7.61. The summed E-state index contributed by atoms with van der Waals surface area (Å²) in [5, 5.41) is 11.8. The van der Waals surface area contributed by atoms with Gasteiger partial charge >= 0.3 is 0 Å². The average Bonchev–Trinajstić information content (AvgIpc) is 2.45. The molecule has 7 heteroatoms. The molecule has 0 spiro atoms. The zero-order valence-electron chi connectivity index (χ0n) is 13.5. The monoisotopic (exact) mass is 302 g/mol. The maximum absolute atomic E-state index is 11.4. The molecule has 0 aromatic rings. The molecule has 0 bridgehead atoms. The average molecular weight is 302 g/mol. The van der Waals surface area contributed by atoms with Gasteiger partial charge in [0.05, 0.1) is 19.8 Å². The lowest BCUT2D eigenvalue weighted by atomic mass is 10.4. The van der Waals surface area contributed by atoms with E-state index in [0.717, 1.165) is 6.54 Å². The van der Waals surface area contributed by atoms with Crippen molar-refractivity contribution in [3.63, 3.8) is 0 Å². The van der Waals surface area contributed by atoms with Gasteiger partial charge in [0.25, 0.3) is 0 Å². The Hall–Kier alpha value is -1.18. The van der Waals surface area contributed by atoms with Crippen LogP contribution in [0.25, 0.3) is 0 Å². The Morgan fingerprint density at radius 2 is 1.62 bits per heavy atom. The number of carbonyl (C=O) groups is 2. The molecule has 0 radical (unpaired) electrons. The first-order chi connectivity index (χ1) is 10.1. The zero-order valence-corrected chi connectivity index (χ0v) is 13.5. The van der Waals surface area contributed by atoms with E-state index in [1.54, 1.807) is 0 Å². The summed E-state index contributed by atoms with van der Waals surface area (Å²) >= 11 is 0. The second-order valence-corrected chi connectivity index (χ2v) is 4.95. The highest BCUT2D eigenvalue weighted by molar-refractivity contribution is 5.77. The van der Waals surface area contributed by atoms with E-state index in [1.807, 2.05) is 6.92 Å². The summed E-state index contributed by atoms with van der Waals surface area (Å²) in [6.45, 7) is 9.78. The highest BCUT2D eigenvalue weighted by Gasteiger charge is 2.00. The maximum atomic E-state index is 11.4. The van der Waals surface area contributed by atoms with Crippen LogP contribution in [0.15, 0.2) is 0 Å². The molecule has 0 aromatic heterocycles. The fourth-order valence-corrected chi connectivity index (χ4v) is 1.46. The Labute approximate surface area is 127 Å². The summed E-state index contributed by atoms with van der Waals surface area (Å²) in [6.07, 6.45) is 0.489. The Morgan fingerprint density at radius 1 is 0.952 bits per heavy atom. The summed E-state index contributed by atoms with van der Waals surface area (Å²) in [4.78, 5) is 22.4. The Balaban J connectivity index is 3.23. The van der Waals surface area contributed by atoms with Crippen molar-refractivity contribution < 1.29 is 14.3 Å². The minimum Gasteiger partial charge on any atom is -0.378 e. The predicted molar refractivity (Wildman–Crippen MR) is 83.1 cm³/mol. The number of amides is 2. The minimum atomic E-state index is -0.0178. The number of rotatable bonds is 13. The fraction of sp³-hybridized carbons (Fsp3) is 0.857. The van der Waals surface area contributed by atoms with Gasteiger partial charge in [-0.2, -0.15) is 0 Å². The van der Waals surface area contributed by atoms with Gasteiger partial charge < -0.3 is 26.0 Å². The lowest BCUT2D eigenvalue weighted by Crippen LogP contribution is -2.39. The Bertz CT molecular complexity index is 285. The van der Waals surface area contributed by atoms with E-state index in [4.69, 9.17) is 4.74 Å². The number of hydrogen-bond acceptors (Lipinski definition) is 5. The molecule has 0 aliphatic heterocycles. The molecule has 0 atom stereocenters. The van der Waals surface area contributed by atoms with E-state index < -0.39 is 0 Å². The van der Waals surface area contributed by atoms with Crippen molar-refractivity contribution >= 4 is 11.8 Å². The van der Waals surface area contributed by atoms with Gasteiger partial charge in [-0.3, -0.25) is 9.59 Å². The van der Waals surface area contributed by atoms with E-state index in [9.17, 15) is 9.59 Å². The summed E-state index contributed by atoms with van der Waals surface area (Å²) in [7, 11) is 0. The van der Waals surface area contributed by atoms with Crippen molar-refractivity contribution in [2.75, 3.05) is 45.9 Å². The van der Waals surface area contributed by atoms with E-state index >= 15 is 0 Å². The normalized spacial score (nSPS) is 10.7. The van der Waals surface area contributed by atoms with Gasteiger partial charge in [0.1, 0.15) is 0 Å². The first kappa shape index (κ1) is 19.8. The summed E-state index contributed by atoms with van der Waals surface area (Å²) < 4.78 is 5.32. The minimum absolute atomic E-state index is 0.0178. The molecule has 0 aromatic carbocycles. The first-order valence-electron chi connectivity index (χ1n) is 7.61. The molecule has 0 aliphatic rings. The number of ether oxygens (including phenoxy) is 1. The number of carbonyl (C=O) groups excluding carboxylic acids is 2.